The summed E-state index contributed by atoms with van der Waals surface area (Å²) in [5.41, 5.74) is 10.4. The van der Waals surface area contributed by atoms with Crippen LogP contribution >= 0.6 is 11.3 Å². The van der Waals surface area contributed by atoms with Crippen molar-refractivity contribution in [3.63, 3.8) is 0 Å². The fraction of sp³-hybridized carbons (Fsp3) is 0.0698. The largest absolute Gasteiger partial charge is 0.456 e. The van der Waals surface area contributed by atoms with Gasteiger partial charge >= 0.3 is 0 Å². The van der Waals surface area contributed by atoms with Gasteiger partial charge in [0.1, 0.15) is 11.2 Å². The average molecular weight is 608 g/mol. The molecule has 46 heavy (non-hydrogen) atoms. The molecule has 218 valence electrons. The van der Waals surface area contributed by atoms with Crippen molar-refractivity contribution in [3.05, 3.63) is 151 Å². The molecule has 10 rings (SSSR count). The van der Waals surface area contributed by atoms with Crippen LogP contribution in [-0.4, -0.2) is 0 Å². The highest BCUT2D eigenvalue weighted by atomic mass is 32.1. The summed E-state index contributed by atoms with van der Waals surface area (Å²) in [4.78, 5) is 2.43. The molecule has 9 aromatic rings. The third kappa shape index (κ3) is 3.58. The Hall–Kier alpha value is -5.38. The molecule has 1 aliphatic rings. The minimum Gasteiger partial charge on any atom is -0.456 e. The second kappa shape index (κ2) is 9.32. The summed E-state index contributed by atoms with van der Waals surface area (Å²) in [6.07, 6.45) is 0. The number of fused-ring (bicyclic) bond motifs is 10. The van der Waals surface area contributed by atoms with E-state index in [1.807, 2.05) is 23.5 Å². The lowest BCUT2D eigenvalue weighted by Crippen LogP contribution is -2.16. The Bertz CT molecular complexity index is 2690. The minimum atomic E-state index is -0.0908. The number of anilines is 3. The van der Waals surface area contributed by atoms with Crippen LogP contribution in [0.5, 0.6) is 0 Å². The summed E-state index contributed by atoms with van der Waals surface area (Å²) in [6.45, 7) is 4.69. The minimum absolute atomic E-state index is 0.0908. The molecule has 1 aliphatic carbocycles. The number of para-hydroxylation sites is 1. The molecule has 0 amide bonds. The summed E-state index contributed by atoms with van der Waals surface area (Å²) < 4.78 is 9.06. The number of hydrogen-bond acceptors (Lipinski definition) is 3. The first-order chi connectivity index (χ1) is 22.5. The lowest BCUT2D eigenvalue weighted by Gasteiger charge is -2.29. The fourth-order valence-corrected chi connectivity index (χ4v) is 8.93. The van der Waals surface area contributed by atoms with Crippen molar-refractivity contribution in [2.75, 3.05) is 4.90 Å². The van der Waals surface area contributed by atoms with E-state index in [1.54, 1.807) is 0 Å². The SMILES string of the molecule is CC1(C)c2ccccc2-c2c(N(c3ccc4cc5c(cc4c3)sc3ccccc35)c3ccc4c(c3)oc3ccccc34)cccc21. The first-order valence-corrected chi connectivity index (χ1v) is 16.7. The van der Waals surface area contributed by atoms with Crippen molar-refractivity contribution >= 4 is 81.3 Å². The summed E-state index contributed by atoms with van der Waals surface area (Å²) in [7, 11) is 0. The Balaban J connectivity index is 1.24. The number of benzene rings is 7. The van der Waals surface area contributed by atoms with E-state index in [-0.39, 0.29) is 5.41 Å². The molecule has 0 unspecified atom stereocenters. The summed E-state index contributed by atoms with van der Waals surface area (Å²) in [5.74, 6) is 0. The maximum Gasteiger partial charge on any atom is 0.137 e. The van der Waals surface area contributed by atoms with Crippen molar-refractivity contribution in [1.82, 2.24) is 0 Å². The van der Waals surface area contributed by atoms with Crippen molar-refractivity contribution in [1.29, 1.82) is 0 Å². The normalized spacial score (nSPS) is 13.6. The number of hydrogen-bond donors (Lipinski definition) is 0. The monoisotopic (exact) mass is 607 g/mol. The standard InChI is InChI=1S/C43H29NOS/c1-43(2)35-13-6-3-12-33(35)42-36(43)14-9-15-37(42)44(29-20-21-31-30-10-4-7-16-38(30)45-39(31)25-29)28-19-18-26-23-34-32-11-5-8-17-40(32)46-41(34)24-27(26)22-28/h3-25H,1-2H3. The molecule has 2 nitrogen and oxygen atoms in total. The second-order valence-corrected chi connectivity index (χ2v) is 14.0. The Kier molecular flexibility index (Phi) is 5.25. The van der Waals surface area contributed by atoms with Gasteiger partial charge in [0.15, 0.2) is 0 Å². The quantitative estimate of drug-likeness (QED) is 0.199. The summed E-state index contributed by atoms with van der Waals surface area (Å²) in [5, 5.41) is 7.42. The van der Waals surface area contributed by atoms with Crippen LogP contribution < -0.4 is 4.90 Å². The number of rotatable bonds is 3. The van der Waals surface area contributed by atoms with Crippen LogP contribution in [0, 0.1) is 0 Å². The van der Waals surface area contributed by atoms with Gasteiger partial charge in [0.25, 0.3) is 0 Å². The number of nitrogens with zero attached hydrogens (tertiary/aromatic N) is 1. The maximum absolute atomic E-state index is 6.42. The molecular formula is C43H29NOS. The smallest absolute Gasteiger partial charge is 0.137 e. The van der Waals surface area contributed by atoms with Gasteiger partial charge in [-0.05, 0) is 82.1 Å². The lowest BCUT2D eigenvalue weighted by atomic mass is 9.82. The molecule has 7 aromatic carbocycles. The molecule has 2 heterocycles. The van der Waals surface area contributed by atoms with Gasteiger partial charge in [-0.15, -0.1) is 11.3 Å². The van der Waals surface area contributed by atoms with Gasteiger partial charge in [0, 0.05) is 59.4 Å². The Morgan fingerprint density at radius 2 is 1.26 bits per heavy atom. The first kappa shape index (κ1) is 25.9. The third-order valence-electron chi connectivity index (χ3n) is 10.0. The van der Waals surface area contributed by atoms with Crippen LogP contribution in [-0.2, 0) is 5.41 Å². The van der Waals surface area contributed by atoms with Gasteiger partial charge in [-0.1, -0.05) is 92.7 Å². The molecule has 0 bridgehead atoms. The predicted octanol–water partition coefficient (Wildman–Crippen LogP) is 12.9. The summed E-state index contributed by atoms with van der Waals surface area (Å²) >= 11 is 1.87. The molecule has 0 aliphatic heterocycles. The van der Waals surface area contributed by atoms with Gasteiger partial charge in [-0.25, -0.2) is 0 Å². The molecule has 3 heteroatoms. The van der Waals surface area contributed by atoms with E-state index in [2.05, 4.69) is 146 Å². The van der Waals surface area contributed by atoms with Crippen molar-refractivity contribution in [3.8, 4) is 11.1 Å². The van der Waals surface area contributed by atoms with Crippen LogP contribution in [0.15, 0.2) is 144 Å². The van der Waals surface area contributed by atoms with E-state index < -0.39 is 0 Å². The lowest BCUT2D eigenvalue weighted by molar-refractivity contribution is 0.660. The van der Waals surface area contributed by atoms with E-state index in [4.69, 9.17) is 4.42 Å². The number of furan rings is 1. The average Bonchev–Trinajstić information content (AvgIpc) is 3.71. The molecule has 0 saturated heterocycles. The van der Waals surface area contributed by atoms with E-state index in [1.165, 1.54) is 58.9 Å². The molecule has 2 aromatic heterocycles. The van der Waals surface area contributed by atoms with Crippen LogP contribution in [0.4, 0.5) is 17.1 Å². The molecule has 0 radical (unpaired) electrons. The van der Waals surface area contributed by atoms with Crippen molar-refractivity contribution < 1.29 is 4.42 Å². The van der Waals surface area contributed by atoms with E-state index >= 15 is 0 Å². The van der Waals surface area contributed by atoms with Crippen LogP contribution in [0.1, 0.15) is 25.0 Å². The maximum atomic E-state index is 6.42. The fourth-order valence-electron chi connectivity index (χ4n) is 7.80. The topological polar surface area (TPSA) is 16.4 Å². The predicted molar refractivity (Wildman–Crippen MR) is 196 cm³/mol. The van der Waals surface area contributed by atoms with Gasteiger partial charge in [0.2, 0.25) is 0 Å². The van der Waals surface area contributed by atoms with E-state index in [0.29, 0.717) is 0 Å². The van der Waals surface area contributed by atoms with E-state index in [0.717, 1.165) is 33.3 Å². The molecule has 0 N–H and O–H groups in total. The number of thiophene rings is 1. The van der Waals surface area contributed by atoms with Gasteiger partial charge in [0.05, 0.1) is 5.69 Å². The second-order valence-electron chi connectivity index (χ2n) is 13.0. The van der Waals surface area contributed by atoms with Gasteiger partial charge in [-0.3, -0.25) is 0 Å². The highest BCUT2D eigenvalue weighted by Gasteiger charge is 2.37. The van der Waals surface area contributed by atoms with Crippen molar-refractivity contribution in [2.24, 2.45) is 0 Å². The Morgan fingerprint density at radius 3 is 2.20 bits per heavy atom. The van der Waals surface area contributed by atoms with Crippen LogP contribution in [0.25, 0.3) is 64.0 Å². The van der Waals surface area contributed by atoms with Gasteiger partial charge < -0.3 is 9.32 Å². The molecule has 0 atom stereocenters. The first-order valence-electron chi connectivity index (χ1n) is 15.8. The molecule has 0 saturated carbocycles. The summed E-state index contributed by atoms with van der Waals surface area (Å²) in [6, 6.07) is 51.0. The molecule has 0 fully saturated rings. The van der Waals surface area contributed by atoms with Gasteiger partial charge in [-0.2, -0.15) is 0 Å². The van der Waals surface area contributed by atoms with Crippen LogP contribution in [0.3, 0.4) is 0 Å². The molecular weight excluding hydrogens is 579 g/mol. The Labute approximate surface area is 270 Å². The van der Waals surface area contributed by atoms with Crippen LogP contribution in [0.2, 0.25) is 0 Å². The molecule has 0 spiro atoms. The van der Waals surface area contributed by atoms with E-state index in [9.17, 15) is 0 Å². The zero-order valence-corrected chi connectivity index (χ0v) is 26.4. The zero-order valence-electron chi connectivity index (χ0n) is 25.5. The van der Waals surface area contributed by atoms with Crippen molar-refractivity contribution in [2.45, 2.75) is 19.3 Å². The third-order valence-corrected chi connectivity index (χ3v) is 11.2. The Morgan fingerprint density at radius 1 is 0.522 bits per heavy atom. The zero-order chi connectivity index (χ0) is 30.6. The highest BCUT2D eigenvalue weighted by molar-refractivity contribution is 7.25. The highest BCUT2D eigenvalue weighted by Crippen LogP contribution is 2.54.